The average molecular weight is 252 g/mol. The molecule has 6 nitrogen and oxygen atoms in total. The zero-order valence-electron chi connectivity index (χ0n) is 9.95. The Morgan fingerprint density at radius 3 is 2.62 bits per heavy atom. The summed E-state index contributed by atoms with van der Waals surface area (Å²) in [6.45, 7) is 1.63. The molecule has 5 atom stereocenters. The highest BCUT2D eigenvalue weighted by molar-refractivity contribution is 7.52. The molecule has 0 radical (unpaired) electrons. The Morgan fingerprint density at radius 2 is 2.12 bits per heavy atom. The maximum Gasteiger partial charge on any atom is 0.327 e. The van der Waals surface area contributed by atoms with Gasteiger partial charge in [-0.3, -0.25) is 9.09 Å². The molecule has 1 fully saturated rings. The van der Waals surface area contributed by atoms with E-state index in [4.69, 9.17) is 18.5 Å². The summed E-state index contributed by atoms with van der Waals surface area (Å²) in [5.41, 5.74) is 0. The van der Waals surface area contributed by atoms with Crippen molar-refractivity contribution in [3.63, 3.8) is 0 Å². The number of hydrogen-bond donors (Lipinski definition) is 1. The summed E-state index contributed by atoms with van der Waals surface area (Å²) in [7, 11) is 1.41. The van der Waals surface area contributed by atoms with E-state index in [0.717, 1.165) is 0 Å². The van der Waals surface area contributed by atoms with Gasteiger partial charge in [-0.1, -0.05) is 0 Å². The van der Waals surface area contributed by atoms with Gasteiger partial charge in [0.25, 0.3) is 0 Å². The van der Waals surface area contributed by atoms with Gasteiger partial charge in [0.05, 0.1) is 12.6 Å². The van der Waals surface area contributed by atoms with Gasteiger partial charge in [0.2, 0.25) is 0 Å². The van der Waals surface area contributed by atoms with Crippen LogP contribution in [0.5, 0.6) is 0 Å². The summed E-state index contributed by atoms with van der Waals surface area (Å²) >= 11 is 0. The molecule has 1 rings (SSSR count). The van der Waals surface area contributed by atoms with Gasteiger partial charge in [0.15, 0.2) is 0 Å². The number of aliphatic hydroxyl groups is 1. The van der Waals surface area contributed by atoms with Crippen LogP contribution in [0.3, 0.4) is 0 Å². The van der Waals surface area contributed by atoms with Gasteiger partial charge in [-0.05, 0) is 0 Å². The third kappa shape index (κ3) is 3.29. The Kier molecular flexibility index (Phi) is 4.97. The lowest BCUT2D eigenvalue weighted by molar-refractivity contribution is -0.0153. The quantitative estimate of drug-likeness (QED) is 0.510. The molecule has 1 aliphatic rings. The first-order chi connectivity index (χ1) is 7.41. The fourth-order valence-electron chi connectivity index (χ4n) is 1.61. The van der Waals surface area contributed by atoms with E-state index in [1.165, 1.54) is 20.9 Å². The molecule has 16 heavy (non-hydrogen) atoms. The first-order valence-electron chi connectivity index (χ1n) is 5.05. The molecule has 1 heterocycles. The lowest BCUT2D eigenvalue weighted by atomic mass is 9.93. The van der Waals surface area contributed by atoms with E-state index >= 15 is 0 Å². The van der Waals surface area contributed by atoms with Crippen molar-refractivity contribution in [2.75, 3.05) is 27.5 Å². The lowest BCUT2D eigenvalue weighted by Gasteiger charge is -2.23. The normalized spacial score (nSPS) is 38.5. The summed E-state index contributed by atoms with van der Waals surface area (Å²) in [5, 5.41) is 9.83. The summed E-state index contributed by atoms with van der Waals surface area (Å²) < 4.78 is 32.1. The molecule has 0 aromatic heterocycles. The number of hydrogen-bond acceptors (Lipinski definition) is 6. The maximum absolute atomic E-state index is 11.7. The van der Waals surface area contributed by atoms with Crippen molar-refractivity contribution in [1.29, 1.82) is 0 Å². The van der Waals surface area contributed by atoms with E-state index in [-0.39, 0.29) is 12.6 Å². The lowest BCUT2D eigenvalue weighted by Crippen LogP contribution is -2.36. The van der Waals surface area contributed by atoms with Gasteiger partial charge in [0.1, 0.15) is 26.2 Å². The molecule has 0 amide bonds. The molecular weight excluding hydrogens is 234 g/mol. The van der Waals surface area contributed by atoms with E-state index in [1.54, 1.807) is 7.85 Å². The van der Waals surface area contributed by atoms with Gasteiger partial charge in [0, 0.05) is 20.9 Å². The fourth-order valence-corrected chi connectivity index (χ4v) is 2.40. The number of methoxy groups -OCH3 is 1. The highest BCUT2D eigenvalue weighted by Gasteiger charge is 2.44. The van der Waals surface area contributed by atoms with Crippen LogP contribution in [0.25, 0.3) is 0 Å². The summed E-state index contributed by atoms with van der Waals surface area (Å²) in [6.07, 6.45) is -1.95. The molecule has 0 bridgehead atoms. The van der Waals surface area contributed by atoms with Gasteiger partial charge in [-0.15, -0.1) is 0 Å². The smallest absolute Gasteiger partial charge is 0.327 e. The van der Waals surface area contributed by atoms with E-state index in [9.17, 15) is 9.67 Å². The first kappa shape index (κ1) is 14.2. The van der Waals surface area contributed by atoms with E-state index in [2.05, 4.69) is 0 Å². The SMILES string of the molecule is B[C@@H]1O[C@H](COC)[C@H](OP(C)(=O)OC)C1O. The maximum atomic E-state index is 11.7. The number of rotatable bonds is 5. The van der Waals surface area contributed by atoms with Gasteiger partial charge < -0.3 is 19.1 Å². The van der Waals surface area contributed by atoms with Crippen LogP contribution in [0.4, 0.5) is 0 Å². The predicted octanol–water partition coefficient (Wildman–Crippen LogP) is -0.794. The Labute approximate surface area is 96.2 Å². The molecule has 0 saturated carbocycles. The molecule has 8 heteroatoms. The molecule has 0 spiro atoms. The molecule has 0 aliphatic carbocycles. The van der Waals surface area contributed by atoms with Gasteiger partial charge in [-0.25, -0.2) is 0 Å². The second-order valence-corrected chi connectivity index (χ2v) is 5.97. The third-order valence-electron chi connectivity index (χ3n) is 2.55. The van der Waals surface area contributed by atoms with Crippen molar-refractivity contribution < 1.29 is 28.2 Å². The highest BCUT2D eigenvalue weighted by atomic mass is 31.2. The minimum atomic E-state index is -3.14. The van der Waals surface area contributed by atoms with Crippen molar-refractivity contribution in [3.05, 3.63) is 0 Å². The number of ether oxygens (including phenoxy) is 2. The monoisotopic (exact) mass is 252 g/mol. The van der Waals surface area contributed by atoms with Crippen LogP contribution in [0.2, 0.25) is 0 Å². The molecular formula is C8H18BO6P. The van der Waals surface area contributed by atoms with Crippen molar-refractivity contribution >= 4 is 15.4 Å². The molecule has 1 aliphatic heterocycles. The standard InChI is InChI=1S/C8H18BO6P/c1-12-4-5-7(6(10)8(9)14-5)15-16(3,11)13-2/h5-8,10H,4,9H2,1-3H3/t5-,6?,7+,8-,16?/m1/s1. The Bertz CT molecular complexity index is 275. The Balaban J connectivity index is 2.70. The first-order valence-corrected chi connectivity index (χ1v) is 7.04. The number of aliphatic hydroxyl groups excluding tert-OH is 1. The van der Waals surface area contributed by atoms with Crippen LogP contribution < -0.4 is 0 Å². The van der Waals surface area contributed by atoms with E-state index < -0.39 is 25.9 Å². The average Bonchev–Trinajstić information content (AvgIpc) is 2.47. The second-order valence-electron chi connectivity index (χ2n) is 3.85. The zero-order valence-corrected chi connectivity index (χ0v) is 10.8. The third-order valence-corrected chi connectivity index (χ3v) is 3.84. The van der Waals surface area contributed by atoms with Crippen LogP contribution in [0.1, 0.15) is 0 Å². The van der Waals surface area contributed by atoms with Crippen LogP contribution in [0, 0.1) is 0 Å². The topological polar surface area (TPSA) is 74.2 Å². The molecule has 2 unspecified atom stereocenters. The second kappa shape index (κ2) is 5.62. The van der Waals surface area contributed by atoms with Gasteiger partial charge >= 0.3 is 7.60 Å². The molecule has 1 N–H and O–H groups in total. The highest BCUT2D eigenvalue weighted by Crippen LogP contribution is 2.46. The van der Waals surface area contributed by atoms with Crippen molar-refractivity contribution in [3.8, 4) is 0 Å². The summed E-state index contributed by atoms with van der Waals surface area (Å²) in [5.74, 6) is 0. The fraction of sp³-hybridized carbons (Fsp3) is 1.00. The Morgan fingerprint density at radius 1 is 1.50 bits per heavy atom. The summed E-state index contributed by atoms with van der Waals surface area (Å²) in [4.78, 5) is 0. The molecule has 94 valence electrons. The van der Waals surface area contributed by atoms with Crippen LogP contribution in [0.15, 0.2) is 0 Å². The minimum absolute atomic E-state index is 0.274. The molecule has 0 aromatic rings. The summed E-state index contributed by atoms with van der Waals surface area (Å²) in [6, 6.07) is -0.373. The van der Waals surface area contributed by atoms with Crippen LogP contribution in [-0.4, -0.2) is 64.8 Å². The predicted molar refractivity (Wildman–Crippen MR) is 60.5 cm³/mol. The van der Waals surface area contributed by atoms with Crippen molar-refractivity contribution in [2.45, 2.75) is 24.3 Å². The minimum Gasteiger partial charge on any atom is -0.388 e. The van der Waals surface area contributed by atoms with Crippen molar-refractivity contribution in [1.82, 2.24) is 0 Å². The largest absolute Gasteiger partial charge is 0.388 e. The molecule has 0 aromatic carbocycles. The molecule has 1 saturated heterocycles. The van der Waals surface area contributed by atoms with E-state index in [1.807, 2.05) is 0 Å². The van der Waals surface area contributed by atoms with Crippen molar-refractivity contribution in [2.24, 2.45) is 0 Å². The zero-order chi connectivity index (χ0) is 12.3. The van der Waals surface area contributed by atoms with Crippen LogP contribution in [-0.2, 0) is 23.1 Å². The van der Waals surface area contributed by atoms with Gasteiger partial charge in [-0.2, -0.15) is 0 Å². The van der Waals surface area contributed by atoms with E-state index in [0.29, 0.717) is 0 Å². The Hall–Kier alpha value is 0.0949. The van der Waals surface area contributed by atoms with Crippen LogP contribution >= 0.6 is 7.60 Å².